The first-order valence-corrected chi connectivity index (χ1v) is 8.95. The Labute approximate surface area is 162 Å². The number of aromatic nitrogens is 2. The number of amides is 1. The van der Waals surface area contributed by atoms with Gasteiger partial charge in [-0.3, -0.25) is 14.4 Å². The smallest absolute Gasteiger partial charge is 0.289 e. The summed E-state index contributed by atoms with van der Waals surface area (Å²) in [5, 5.41) is 0. The van der Waals surface area contributed by atoms with Gasteiger partial charge in [0.15, 0.2) is 5.78 Å². The van der Waals surface area contributed by atoms with Gasteiger partial charge in [0.25, 0.3) is 11.7 Å². The van der Waals surface area contributed by atoms with E-state index < -0.39 is 11.7 Å². The summed E-state index contributed by atoms with van der Waals surface area (Å²) in [5.41, 5.74) is 8.47. The van der Waals surface area contributed by atoms with Gasteiger partial charge in [-0.05, 0) is 24.5 Å². The molecule has 0 radical (unpaired) electrons. The molecule has 0 fully saturated rings. The fraction of sp³-hybridized carbons (Fsp3) is 0.238. The average molecular weight is 379 g/mol. The molecule has 0 aliphatic heterocycles. The fourth-order valence-corrected chi connectivity index (χ4v) is 3.30. The summed E-state index contributed by atoms with van der Waals surface area (Å²) in [7, 11) is 0. The number of nitrogens with two attached hydrogens (primary N) is 1. The molecule has 0 saturated heterocycles. The van der Waals surface area contributed by atoms with E-state index in [0.29, 0.717) is 23.9 Å². The van der Waals surface area contributed by atoms with Crippen molar-refractivity contribution in [2.75, 3.05) is 6.61 Å². The van der Waals surface area contributed by atoms with E-state index in [0.717, 1.165) is 11.3 Å². The van der Waals surface area contributed by atoms with Crippen LogP contribution in [0.15, 0.2) is 42.7 Å². The van der Waals surface area contributed by atoms with Gasteiger partial charge in [0.2, 0.25) is 5.88 Å². The van der Waals surface area contributed by atoms with Crippen molar-refractivity contribution in [3.05, 3.63) is 65.1 Å². The Bertz CT molecular complexity index is 1050. The summed E-state index contributed by atoms with van der Waals surface area (Å²) in [6.07, 6.45) is 4.32. The zero-order valence-electron chi connectivity index (χ0n) is 15.8. The molecule has 1 aromatic carbocycles. The van der Waals surface area contributed by atoms with Crippen molar-refractivity contribution in [2.45, 2.75) is 26.7 Å². The van der Waals surface area contributed by atoms with Crippen LogP contribution < -0.4 is 10.5 Å². The lowest BCUT2D eigenvalue weighted by Gasteiger charge is -2.08. The summed E-state index contributed by atoms with van der Waals surface area (Å²) >= 11 is 0. The number of ketones is 2. The molecule has 3 aromatic rings. The molecule has 0 aliphatic carbocycles. The molecule has 0 spiro atoms. The zero-order chi connectivity index (χ0) is 20.3. The van der Waals surface area contributed by atoms with Gasteiger partial charge >= 0.3 is 0 Å². The van der Waals surface area contributed by atoms with Crippen molar-refractivity contribution >= 4 is 23.0 Å². The van der Waals surface area contributed by atoms with E-state index in [9.17, 15) is 14.4 Å². The molecule has 144 valence electrons. The van der Waals surface area contributed by atoms with E-state index >= 15 is 0 Å². The van der Waals surface area contributed by atoms with E-state index in [1.54, 1.807) is 10.6 Å². The van der Waals surface area contributed by atoms with Gasteiger partial charge in [-0.15, -0.1) is 0 Å². The maximum Gasteiger partial charge on any atom is 0.289 e. The van der Waals surface area contributed by atoms with E-state index in [2.05, 4.69) is 4.98 Å². The van der Waals surface area contributed by atoms with Crippen LogP contribution in [0.2, 0.25) is 0 Å². The highest BCUT2D eigenvalue weighted by Gasteiger charge is 2.28. The molecule has 0 atom stereocenters. The van der Waals surface area contributed by atoms with E-state index in [1.807, 2.05) is 37.3 Å². The quantitative estimate of drug-likeness (QED) is 0.477. The minimum absolute atomic E-state index is 0.122. The van der Waals surface area contributed by atoms with Gasteiger partial charge < -0.3 is 14.9 Å². The number of hydrogen-bond donors (Lipinski definition) is 1. The Kier molecular flexibility index (Phi) is 5.54. The van der Waals surface area contributed by atoms with Crippen LogP contribution in [-0.2, 0) is 22.4 Å². The standard InChI is InChI=1S/C21H21N3O4/c1-3-15-16(11-14-7-5-4-6-8-14)24-10-9-23-21(28-12-13(2)25)18(24)17(15)19(26)20(22)27/h4-10H,3,11-12H2,1-2H3,(H2,22,27). The molecule has 0 unspecified atom stereocenters. The number of carbonyl (C=O) groups is 3. The third-order valence-corrected chi connectivity index (χ3v) is 4.46. The largest absolute Gasteiger partial charge is 0.468 e. The molecular weight excluding hydrogens is 358 g/mol. The number of primary amides is 1. The van der Waals surface area contributed by atoms with Crippen LogP contribution in [0, 0.1) is 0 Å². The van der Waals surface area contributed by atoms with Gasteiger partial charge in [-0.2, -0.15) is 0 Å². The Hall–Kier alpha value is -3.48. The topological polar surface area (TPSA) is 104 Å². The van der Waals surface area contributed by atoms with E-state index in [1.165, 1.54) is 13.1 Å². The number of benzene rings is 1. The molecule has 7 heteroatoms. The summed E-state index contributed by atoms with van der Waals surface area (Å²) in [6, 6.07) is 9.79. The number of carbonyl (C=O) groups excluding carboxylic acids is 3. The molecule has 0 bridgehead atoms. The molecule has 2 aromatic heterocycles. The molecule has 2 heterocycles. The third kappa shape index (κ3) is 3.64. The van der Waals surface area contributed by atoms with Crippen LogP contribution in [0.1, 0.15) is 41.0 Å². The van der Waals surface area contributed by atoms with Crippen molar-refractivity contribution in [2.24, 2.45) is 5.73 Å². The number of rotatable bonds is 8. The maximum absolute atomic E-state index is 12.7. The van der Waals surface area contributed by atoms with Crippen LogP contribution in [-0.4, -0.2) is 33.5 Å². The van der Waals surface area contributed by atoms with Crippen molar-refractivity contribution in [3.8, 4) is 5.88 Å². The number of nitrogens with zero attached hydrogens (tertiary/aromatic N) is 2. The number of hydrogen-bond acceptors (Lipinski definition) is 5. The van der Waals surface area contributed by atoms with Gasteiger partial charge in [-0.25, -0.2) is 4.98 Å². The molecule has 0 saturated carbocycles. The fourth-order valence-electron chi connectivity index (χ4n) is 3.30. The van der Waals surface area contributed by atoms with Gasteiger partial charge in [0.1, 0.15) is 12.1 Å². The predicted molar refractivity (Wildman–Crippen MR) is 104 cm³/mol. The maximum atomic E-state index is 12.7. The molecular formula is C21H21N3O4. The Morgan fingerprint density at radius 2 is 1.89 bits per heavy atom. The van der Waals surface area contributed by atoms with E-state index in [-0.39, 0.29) is 23.8 Å². The molecule has 1 amide bonds. The van der Waals surface area contributed by atoms with Crippen molar-refractivity contribution in [1.29, 1.82) is 0 Å². The van der Waals surface area contributed by atoms with Gasteiger partial charge in [0.05, 0.1) is 5.56 Å². The minimum Gasteiger partial charge on any atom is -0.468 e. The zero-order valence-corrected chi connectivity index (χ0v) is 15.8. The highest BCUT2D eigenvalue weighted by atomic mass is 16.5. The summed E-state index contributed by atoms with van der Waals surface area (Å²) in [6.45, 7) is 3.12. The molecule has 28 heavy (non-hydrogen) atoms. The second kappa shape index (κ2) is 8.04. The number of ether oxygens (including phenoxy) is 1. The average Bonchev–Trinajstić information content (AvgIpc) is 3.00. The Morgan fingerprint density at radius 3 is 2.50 bits per heavy atom. The second-order valence-electron chi connectivity index (χ2n) is 6.45. The van der Waals surface area contributed by atoms with Crippen LogP contribution in [0.25, 0.3) is 5.52 Å². The molecule has 2 N–H and O–H groups in total. The Morgan fingerprint density at radius 1 is 1.18 bits per heavy atom. The minimum atomic E-state index is -1.05. The highest BCUT2D eigenvalue weighted by Crippen LogP contribution is 2.32. The summed E-state index contributed by atoms with van der Waals surface area (Å²) in [5.74, 6) is -1.90. The molecule has 0 aliphatic rings. The lowest BCUT2D eigenvalue weighted by molar-refractivity contribution is -0.119. The predicted octanol–water partition coefficient (Wildman–Crippen LogP) is 2.12. The second-order valence-corrected chi connectivity index (χ2v) is 6.45. The van der Waals surface area contributed by atoms with E-state index in [4.69, 9.17) is 10.5 Å². The summed E-state index contributed by atoms with van der Waals surface area (Å²) < 4.78 is 7.32. The lowest BCUT2D eigenvalue weighted by atomic mass is 9.99. The lowest BCUT2D eigenvalue weighted by Crippen LogP contribution is -2.24. The first-order chi connectivity index (χ1) is 13.4. The third-order valence-electron chi connectivity index (χ3n) is 4.46. The van der Waals surface area contributed by atoms with Crippen LogP contribution in [0.5, 0.6) is 5.88 Å². The number of Topliss-reactive ketones (excluding diaryl/α,β-unsaturated/α-hetero) is 2. The highest BCUT2D eigenvalue weighted by molar-refractivity contribution is 6.44. The normalized spacial score (nSPS) is 10.8. The van der Waals surface area contributed by atoms with Gasteiger partial charge in [0, 0.05) is 24.5 Å². The SMILES string of the molecule is CCc1c(C(=O)C(N)=O)c2c(OCC(C)=O)nccn2c1Cc1ccccc1. The summed E-state index contributed by atoms with van der Waals surface area (Å²) in [4.78, 5) is 39.9. The molecule has 7 nitrogen and oxygen atoms in total. The first-order valence-electron chi connectivity index (χ1n) is 8.95. The number of fused-ring (bicyclic) bond motifs is 1. The van der Waals surface area contributed by atoms with Crippen LogP contribution in [0.3, 0.4) is 0 Å². The van der Waals surface area contributed by atoms with Crippen LogP contribution in [0.4, 0.5) is 0 Å². The van der Waals surface area contributed by atoms with Crippen molar-refractivity contribution in [3.63, 3.8) is 0 Å². The van der Waals surface area contributed by atoms with Crippen LogP contribution >= 0.6 is 0 Å². The van der Waals surface area contributed by atoms with Gasteiger partial charge in [-0.1, -0.05) is 37.3 Å². The molecule has 3 rings (SSSR count). The first kappa shape index (κ1) is 19.3. The Balaban J connectivity index is 2.27. The van der Waals surface area contributed by atoms with Crippen molar-refractivity contribution < 1.29 is 19.1 Å². The monoisotopic (exact) mass is 379 g/mol. The van der Waals surface area contributed by atoms with Crippen molar-refractivity contribution in [1.82, 2.24) is 9.38 Å².